The van der Waals surface area contributed by atoms with Gasteiger partial charge in [-0.25, -0.2) is 0 Å². The Morgan fingerprint density at radius 2 is 1.74 bits per heavy atom. The Hall–Kier alpha value is -0.570. The zero-order valence-corrected chi connectivity index (χ0v) is 25.6. The van der Waals surface area contributed by atoms with Crippen molar-refractivity contribution in [2.24, 2.45) is 11.7 Å². The van der Waals surface area contributed by atoms with Crippen LogP contribution in [0.3, 0.4) is 0 Å². The quantitative estimate of drug-likeness (QED) is 0.104. The lowest BCUT2D eigenvalue weighted by molar-refractivity contribution is -0.147. The molecule has 0 aromatic carbocycles. The van der Waals surface area contributed by atoms with Gasteiger partial charge in [-0.1, -0.05) is 78.8 Å². The highest BCUT2D eigenvalue weighted by Crippen LogP contribution is 2.42. The monoisotopic (exact) mass is 644 g/mol. The van der Waals surface area contributed by atoms with Gasteiger partial charge in [0.15, 0.2) is 0 Å². The number of nitrogens with two attached hydrogens (primary N) is 1. The van der Waals surface area contributed by atoms with Crippen molar-refractivity contribution in [1.29, 1.82) is 0 Å². The summed E-state index contributed by atoms with van der Waals surface area (Å²) in [7, 11) is 3.00. The van der Waals surface area contributed by atoms with Crippen LogP contribution in [-0.4, -0.2) is 78.3 Å². The summed E-state index contributed by atoms with van der Waals surface area (Å²) in [6.45, 7) is 12.9. The van der Waals surface area contributed by atoms with Crippen molar-refractivity contribution >= 4 is 67.8 Å². The molecule has 1 saturated heterocycles. The smallest absolute Gasteiger partial charge is 0.245 e. The van der Waals surface area contributed by atoms with Crippen molar-refractivity contribution in [1.82, 2.24) is 15.5 Å². The largest absolute Gasteiger partial charge is 0.394 e. The number of nitrogens with zero attached hydrogens (tertiary/aromatic N) is 1. The fourth-order valence-corrected chi connectivity index (χ4v) is 6.60. The second kappa shape index (κ2) is 13.3. The van der Waals surface area contributed by atoms with E-state index in [1.165, 1.54) is 10.8 Å². The van der Waals surface area contributed by atoms with E-state index in [9.17, 15) is 24.3 Å². The maximum atomic E-state index is 13.3. The van der Waals surface area contributed by atoms with Gasteiger partial charge in [-0.3, -0.25) is 24.1 Å². The number of rotatable bonds is 13. The molecule has 0 aromatic heterocycles. The average molecular weight is 645 g/mol. The van der Waals surface area contributed by atoms with E-state index < -0.39 is 47.2 Å². The van der Waals surface area contributed by atoms with Crippen LogP contribution >= 0.6 is 44.2 Å². The Kier molecular flexibility index (Phi) is 12.3. The van der Waals surface area contributed by atoms with E-state index in [-0.39, 0.29) is 33.5 Å². The molecule has 0 aromatic rings. The molecule has 1 fully saturated rings. The van der Waals surface area contributed by atoms with Crippen LogP contribution < -0.4 is 16.4 Å². The molecular weight excluding hydrogens is 603 g/mol. The molecule has 9 nitrogen and oxygen atoms in total. The fourth-order valence-electron chi connectivity index (χ4n) is 3.64. The standard InChI is InChI=1S/C23H41IN4O5S2/c1-8-23(24,9-2)14-10-17(30)28(20(14)33)16(11-25)19(32)26-15(12-34-35-21(3,4)5)18(31)27-22(6,7)13-29/h14-16,29H,8-13,25H2,1-7H3,(H,26,32)(H,27,31). The van der Waals surface area contributed by atoms with E-state index in [1.807, 2.05) is 34.6 Å². The van der Waals surface area contributed by atoms with Gasteiger partial charge in [-0.15, -0.1) is 0 Å². The number of alkyl halides is 1. The van der Waals surface area contributed by atoms with E-state index in [2.05, 4.69) is 33.2 Å². The average Bonchev–Trinajstić information content (AvgIpc) is 3.06. The highest BCUT2D eigenvalue weighted by Gasteiger charge is 2.51. The molecule has 202 valence electrons. The summed E-state index contributed by atoms with van der Waals surface area (Å²) in [4.78, 5) is 53.4. The van der Waals surface area contributed by atoms with Crippen LogP contribution in [0.15, 0.2) is 0 Å². The lowest BCUT2D eigenvalue weighted by Crippen LogP contribution is -2.60. The minimum Gasteiger partial charge on any atom is -0.394 e. The Labute approximate surface area is 230 Å². The number of hydrogen-bond donors (Lipinski definition) is 4. The lowest BCUT2D eigenvalue weighted by Gasteiger charge is -2.32. The Morgan fingerprint density at radius 1 is 1.17 bits per heavy atom. The Morgan fingerprint density at radius 3 is 2.20 bits per heavy atom. The molecule has 35 heavy (non-hydrogen) atoms. The van der Waals surface area contributed by atoms with Crippen LogP contribution in [-0.2, 0) is 19.2 Å². The number of halogens is 1. The summed E-state index contributed by atoms with van der Waals surface area (Å²) in [5.74, 6) is -2.19. The number of aliphatic hydroxyl groups excluding tert-OH is 1. The number of hydrogen-bond acceptors (Lipinski definition) is 8. The first-order valence-electron chi connectivity index (χ1n) is 11.8. The third-order valence-electron chi connectivity index (χ3n) is 5.85. The third-order valence-corrected chi connectivity index (χ3v) is 11.5. The van der Waals surface area contributed by atoms with Crippen molar-refractivity contribution in [3.63, 3.8) is 0 Å². The summed E-state index contributed by atoms with van der Waals surface area (Å²) in [5, 5.41) is 15.0. The Balaban J connectivity index is 3.11. The summed E-state index contributed by atoms with van der Waals surface area (Å²) in [5.41, 5.74) is 5.00. The summed E-state index contributed by atoms with van der Waals surface area (Å²) >= 11 is 2.25. The number of carbonyl (C=O) groups excluding carboxylic acids is 4. The highest BCUT2D eigenvalue weighted by atomic mass is 127. The first kappa shape index (κ1) is 32.5. The van der Waals surface area contributed by atoms with E-state index in [4.69, 9.17) is 5.73 Å². The molecule has 1 rings (SSSR count). The molecular formula is C23H41IN4O5S2. The van der Waals surface area contributed by atoms with Crippen LogP contribution in [0.4, 0.5) is 0 Å². The number of likely N-dealkylation sites (tertiary alicyclic amines) is 1. The van der Waals surface area contributed by atoms with Crippen LogP contribution in [0.5, 0.6) is 0 Å². The van der Waals surface area contributed by atoms with E-state index >= 15 is 0 Å². The predicted molar refractivity (Wildman–Crippen MR) is 151 cm³/mol. The predicted octanol–water partition coefficient (Wildman–Crippen LogP) is 2.23. The van der Waals surface area contributed by atoms with Crippen molar-refractivity contribution in [2.45, 2.75) is 93.5 Å². The first-order valence-corrected chi connectivity index (χ1v) is 15.2. The second-order valence-corrected chi connectivity index (χ2v) is 15.7. The topological polar surface area (TPSA) is 142 Å². The molecule has 12 heteroatoms. The number of imide groups is 1. The minimum absolute atomic E-state index is 0.0416. The van der Waals surface area contributed by atoms with Crippen LogP contribution in [0.1, 0.15) is 67.7 Å². The van der Waals surface area contributed by atoms with Crippen LogP contribution in [0.2, 0.25) is 0 Å². The molecule has 1 aliphatic heterocycles. The molecule has 0 bridgehead atoms. The van der Waals surface area contributed by atoms with Gasteiger partial charge in [0.1, 0.15) is 12.1 Å². The van der Waals surface area contributed by atoms with Gasteiger partial charge in [-0.05, 0) is 26.7 Å². The van der Waals surface area contributed by atoms with Crippen molar-refractivity contribution in [2.75, 3.05) is 18.9 Å². The minimum atomic E-state index is -1.20. The molecule has 3 atom stereocenters. The van der Waals surface area contributed by atoms with Crippen molar-refractivity contribution < 1.29 is 24.3 Å². The Bertz CT molecular complexity index is 786. The SMILES string of the molecule is CCC(I)(CC)C1CC(=O)N(C(CN)C(=O)NC(CSSC(C)(C)C)C(=O)NC(C)(C)CO)C1=O. The number of nitrogens with one attached hydrogen (secondary N) is 2. The number of amides is 4. The molecule has 1 heterocycles. The summed E-state index contributed by atoms with van der Waals surface area (Å²) in [6.07, 6.45) is 1.47. The number of carbonyl (C=O) groups is 4. The lowest BCUT2D eigenvalue weighted by atomic mass is 9.86. The highest BCUT2D eigenvalue weighted by molar-refractivity contribution is 14.1. The molecule has 3 unspecified atom stereocenters. The van der Waals surface area contributed by atoms with Crippen LogP contribution in [0, 0.1) is 5.92 Å². The molecule has 0 saturated carbocycles. The molecule has 0 spiro atoms. The van der Waals surface area contributed by atoms with Crippen molar-refractivity contribution in [3.05, 3.63) is 0 Å². The maximum Gasteiger partial charge on any atom is 0.245 e. The molecule has 0 aliphatic carbocycles. The van der Waals surface area contributed by atoms with E-state index in [0.717, 1.165) is 4.90 Å². The molecule has 4 amide bonds. The molecule has 0 radical (unpaired) electrons. The van der Waals surface area contributed by atoms with Gasteiger partial charge < -0.3 is 21.5 Å². The zero-order chi connectivity index (χ0) is 27.2. The molecule has 1 aliphatic rings. The van der Waals surface area contributed by atoms with Gasteiger partial charge in [0.05, 0.1) is 18.1 Å². The zero-order valence-electron chi connectivity index (χ0n) is 21.8. The first-order chi connectivity index (χ1) is 16.1. The van der Waals surface area contributed by atoms with E-state index in [1.54, 1.807) is 24.6 Å². The van der Waals surface area contributed by atoms with Gasteiger partial charge in [0, 0.05) is 26.9 Å². The summed E-state index contributed by atoms with van der Waals surface area (Å²) < 4.78 is -0.443. The normalized spacial score (nSPS) is 19.0. The van der Waals surface area contributed by atoms with Crippen LogP contribution in [0.25, 0.3) is 0 Å². The molecule has 5 N–H and O–H groups in total. The number of aliphatic hydroxyl groups is 1. The maximum absolute atomic E-state index is 13.3. The van der Waals surface area contributed by atoms with Gasteiger partial charge in [-0.2, -0.15) is 0 Å². The fraction of sp³-hybridized carbons (Fsp3) is 0.826. The van der Waals surface area contributed by atoms with Gasteiger partial charge in [0.25, 0.3) is 0 Å². The summed E-state index contributed by atoms with van der Waals surface area (Å²) in [6, 6.07) is -2.14. The van der Waals surface area contributed by atoms with Gasteiger partial charge >= 0.3 is 0 Å². The second-order valence-electron chi connectivity index (χ2n) is 10.4. The van der Waals surface area contributed by atoms with E-state index in [0.29, 0.717) is 12.8 Å². The van der Waals surface area contributed by atoms with Crippen molar-refractivity contribution in [3.8, 4) is 0 Å². The third kappa shape index (κ3) is 9.04. The van der Waals surface area contributed by atoms with Gasteiger partial charge in [0.2, 0.25) is 23.6 Å².